The second kappa shape index (κ2) is 5.08. The van der Waals surface area contributed by atoms with Gasteiger partial charge in [0, 0.05) is 16.5 Å². The van der Waals surface area contributed by atoms with E-state index in [1.54, 1.807) is 6.07 Å². The van der Waals surface area contributed by atoms with Gasteiger partial charge in [-0.15, -0.1) is 11.3 Å². The number of rotatable bonds is 3. The highest BCUT2D eigenvalue weighted by atomic mass is 32.1. The molecular weight excluding hydrogens is 248 g/mol. The van der Waals surface area contributed by atoms with E-state index in [1.807, 2.05) is 23.6 Å². The van der Waals surface area contributed by atoms with Crippen molar-refractivity contribution >= 4 is 11.3 Å². The van der Waals surface area contributed by atoms with Gasteiger partial charge in [-0.2, -0.15) is 5.26 Å². The first kappa shape index (κ1) is 12.4. The van der Waals surface area contributed by atoms with Crippen LogP contribution in [-0.4, -0.2) is 12.2 Å². The van der Waals surface area contributed by atoms with Gasteiger partial charge in [-0.3, -0.25) is 0 Å². The van der Waals surface area contributed by atoms with Crippen molar-refractivity contribution < 1.29 is 9.84 Å². The fourth-order valence-electron chi connectivity index (χ4n) is 1.71. The van der Waals surface area contributed by atoms with Gasteiger partial charge in [0.15, 0.2) is 11.5 Å². The van der Waals surface area contributed by atoms with Crippen LogP contribution in [0.25, 0.3) is 0 Å². The molecule has 0 aliphatic heterocycles. The number of aromatic hydroxyl groups is 1. The lowest BCUT2D eigenvalue weighted by molar-refractivity contribution is 0.369. The van der Waals surface area contributed by atoms with Gasteiger partial charge in [-0.05, 0) is 17.5 Å². The first-order valence-electron chi connectivity index (χ1n) is 5.27. The van der Waals surface area contributed by atoms with Gasteiger partial charge in [0.2, 0.25) is 0 Å². The Morgan fingerprint density at radius 3 is 2.83 bits per heavy atom. The number of benzene rings is 1. The molecular formula is C13H12N2O2S. The van der Waals surface area contributed by atoms with E-state index in [-0.39, 0.29) is 11.5 Å². The minimum Gasteiger partial charge on any atom is -0.504 e. The quantitative estimate of drug-likeness (QED) is 0.888. The molecule has 0 saturated carbocycles. The van der Waals surface area contributed by atoms with Crippen molar-refractivity contribution in [3.8, 4) is 17.6 Å². The standard InChI is InChI=1S/C13H12N2O2S/c1-17-10-6-8(7-14)5-9(13(10)16)12(15)11-3-2-4-18-11/h2-6,12,16H,15H2,1H3/t12-/m1/s1. The number of nitrogens with two attached hydrogens (primary N) is 1. The second-order valence-corrected chi connectivity index (χ2v) is 4.70. The van der Waals surface area contributed by atoms with Crippen LogP contribution in [0.2, 0.25) is 0 Å². The summed E-state index contributed by atoms with van der Waals surface area (Å²) in [4.78, 5) is 0.919. The van der Waals surface area contributed by atoms with Gasteiger partial charge < -0.3 is 15.6 Å². The third-order valence-electron chi connectivity index (χ3n) is 2.64. The second-order valence-electron chi connectivity index (χ2n) is 3.72. The molecule has 0 aliphatic rings. The molecule has 3 N–H and O–H groups in total. The van der Waals surface area contributed by atoms with E-state index < -0.39 is 6.04 Å². The van der Waals surface area contributed by atoms with Crippen molar-refractivity contribution in [3.05, 3.63) is 45.6 Å². The minimum atomic E-state index is -0.466. The number of ether oxygens (including phenoxy) is 1. The maximum atomic E-state index is 10.1. The summed E-state index contributed by atoms with van der Waals surface area (Å²) >= 11 is 1.50. The highest BCUT2D eigenvalue weighted by Crippen LogP contribution is 2.37. The van der Waals surface area contributed by atoms with E-state index in [2.05, 4.69) is 0 Å². The summed E-state index contributed by atoms with van der Waals surface area (Å²) in [6.07, 6.45) is 0. The lowest BCUT2D eigenvalue weighted by Gasteiger charge is -2.14. The summed E-state index contributed by atoms with van der Waals surface area (Å²) < 4.78 is 5.04. The molecule has 4 nitrogen and oxygen atoms in total. The van der Waals surface area contributed by atoms with E-state index >= 15 is 0 Å². The molecule has 0 unspecified atom stereocenters. The number of phenols is 1. The lowest BCUT2D eigenvalue weighted by atomic mass is 10.0. The van der Waals surface area contributed by atoms with E-state index in [0.29, 0.717) is 11.1 Å². The Balaban J connectivity index is 2.53. The maximum Gasteiger partial charge on any atom is 0.162 e. The van der Waals surface area contributed by atoms with Gasteiger partial charge in [-0.1, -0.05) is 6.07 Å². The highest BCUT2D eigenvalue weighted by Gasteiger charge is 2.18. The Hall–Kier alpha value is -2.03. The van der Waals surface area contributed by atoms with Crippen LogP contribution in [0, 0.1) is 11.3 Å². The van der Waals surface area contributed by atoms with Crippen molar-refractivity contribution in [2.24, 2.45) is 5.73 Å². The van der Waals surface area contributed by atoms with Crippen LogP contribution in [0.3, 0.4) is 0 Å². The summed E-state index contributed by atoms with van der Waals surface area (Å²) in [5.74, 6) is 0.244. The average Bonchev–Trinajstić information content (AvgIpc) is 2.92. The normalized spacial score (nSPS) is 11.8. The number of phenolic OH excluding ortho intramolecular Hbond substituents is 1. The SMILES string of the molecule is COc1cc(C#N)cc([C@@H](N)c2cccs2)c1O. The van der Waals surface area contributed by atoms with Crippen molar-refractivity contribution in [2.45, 2.75) is 6.04 Å². The molecule has 0 fully saturated rings. The van der Waals surface area contributed by atoms with Gasteiger partial charge in [0.05, 0.1) is 24.8 Å². The van der Waals surface area contributed by atoms with Crippen LogP contribution in [0.5, 0.6) is 11.5 Å². The highest BCUT2D eigenvalue weighted by molar-refractivity contribution is 7.10. The van der Waals surface area contributed by atoms with Gasteiger partial charge in [0.1, 0.15) is 0 Å². The summed E-state index contributed by atoms with van der Waals surface area (Å²) in [5.41, 5.74) is 7.00. The fourth-order valence-corrected chi connectivity index (χ4v) is 2.45. The number of methoxy groups -OCH3 is 1. The Morgan fingerprint density at radius 2 is 2.28 bits per heavy atom. The van der Waals surface area contributed by atoms with E-state index in [1.165, 1.54) is 24.5 Å². The first-order chi connectivity index (χ1) is 8.67. The average molecular weight is 260 g/mol. The molecule has 0 spiro atoms. The Bertz CT molecular complexity index is 588. The largest absolute Gasteiger partial charge is 0.504 e. The van der Waals surface area contributed by atoms with E-state index in [4.69, 9.17) is 15.7 Å². The van der Waals surface area contributed by atoms with Crippen LogP contribution in [0.4, 0.5) is 0 Å². The maximum absolute atomic E-state index is 10.1. The van der Waals surface area contributed by atoms with Crippen LogP contribution in [0.1, 0.15) is 22.0 Å². The van der Waals surface area contributed by atoms with Gasteiger partial charge in [-0.25, -0.2) is 0 Å². The van der Waals surface area contributed by atoms with E-state index in [9.17, 15) is 5.11 Å². The van der Waals surface area contributed by atoms with Crippen LogP contribution < -0.4 is 10.5 Å². The number of nitrogens with zero attached hydrogens (tertiary/aromatic N) is 1. The Kier molecular flexibility index (Phi) is 3.51. The van der Waals surface area contributed by atoms with Crippen LogP contribution in [-0.2, 0) is 0 Å². The summed E-state index contributed by atoms with van der Waals surface area (Å²) in [7, 11) is 1.44. The summed E-state index contributed by atoms with van der Waals surface area (Å²) in [6.45, 7) is 0. The predicted octanol–water partition coefficient (Wildman–Crippen LogP) is 2.38. The number of thiophene rings is 1. The zero-order valence-corrected chi connectivity index (χ0v) is 10.6. The van der Waals surface area contributed by atoms with E-state index in [0.717, 1.165) is 4.88 Å². The summed E-state index contributed by atoms with van der Waals surface area (Å²) in [5, 5.41) is 20.9. The molecule has 0 radical (unpaired) electrons. The third-order valence-corrected chi connectivity index (χ3v) is 3.59. The topological polar surface area (TPSA) is 79.3 Å². The fraction of sp³-hybridized carbons (Fsp3) is 0.154. The van der Waals surface area contributed by atoms with Crippen molar-refractivity contribution in [2.75, 3.05) is 7.11 Å². The molecule has 1 aromatic carbocycles. The number of hydrogen-bond donors (Lipinski definition) is 2. The lowest BCUT2D eigenvalue weighted by Crippen LogP contribution is -2.11. The molecule has 1 atom stereocenters. The molecule has 0 saturated heterocycles. The minimum absolute atomic E-state index is 0.0163. The molecule has 0 aliphatic carbocycles. The molecule has 5 heteroatoms. The molecule has 18 heavy (non-hydrogen) atoms. The Labute approximate surface area is 109 Å². The number of nitriles is 1. The van der Waals surface area contributed by atoms with Gasteiger partial charge in [0.25, 0.3) is 0 Å². The summed E-state index contributed by atoms with van der Waals surface area (Å²) in [6, 6.07) is 8.41. The monoisotopic (exact) mass is 260 g/mol. The van der Waals surface area contributed by atoms with Crippen molar-refractivity contribution in [1.82, 2.24) is 0 Å². The first-order valence-corrected chi connectivity index (χ1v) is 6.15. The molecule has 0 bridgehead atoms. The van der Waals surface area contributed by atoms with Crippen LogP contribution in [0.15, 0.2) is 29.6 Å². The smallest absolute Gasteiger partial charge is 0.162 e. The predicted molar refractivity (Wildman–Crippen MR) is 69.7 cm³/mol. The zero-order valence-electron chi connectivity index (χ0n) is 9.75. The molecule has 2 aromatic rings. The molecule has 0 amide bonds. The molecule has 1 aromatic heterocycles. The molecule has 2 rings (SSSR count). The zero-order chi connectivity index (χ0) is 13.1. The van der Waals surface area contributed by atoms with Crippen LogP contribution >= 0.6 is 11.3 Å². The van der Waals surface area contributed by atoms with Gasteiger partial charge >= 0.3 is 0 Å². The number of hydrogen-bond acceptors (Lipinski definition) is 5. The molecule has 1 heterocycles. The van der Waals surface area contributed by atoms with Crippen molar-refractivity contribution in [3.63, 3.8) is 0 Å². The third kappa shape index (κ3) is 2.16. The molecule has 92 valence electrons. The Morgan fingerprint density at radius 1 is 1.50 bits per heavy atom. The van der Waals surface area contributed by atoms with Crippen molar-refractivity contribution in [1.29, 1.82) is 5.26 Å².